The lowest BCUT2D eigenvalue weighted by molar-refractivity contribution is 0.306. The summed E-state index contributed by atoms with van der Waals surface area (Å²) in [6, 6.07) is 15.9. The largest absolute Gasteiger partial charge is 0.494 e. The quantitative estimate of drug-likeness (QED) is 0.408. The van der Waals surface area contributed by atoms with Gasteiger partial charge in [-0.2, -0.15) is 0 Å². The van der Waals surface area contributed by atoms with Crippen LogP contribution in [-0.2, 0) is 0 Å². The molecule has 0 aromatic heterocycles. The summed E-state index contributed by atoms with van der Waals surface area (Å²) in [5.74, 6) is 1.81. The Bertz CT molecular complexity index is 603. The molecule has 0 heterocycles. The van der Waals surface area contributed by atoms with Crippen LogP contribution in [0.3, 0.4) is 0 Å². The van der Waals surface area contributed by atoms with E-state index in [1.165, 1.54) is 12.8 Å². The SMILES string of the molecule is CCCCCOc1ccc(N=Cc2ccc(OCCC)cc2)cc1. The first-order valence-electron chi connectivity index (χ1n) is 8.81. The van der Waals surface area contributed by atoms with Gasteiger partial charge in [0.1, 0.15) is 11.5 Å². The van der Waals surface area contributed by atoms with Crippen molar-refractivity contribution in [3.63, 3.8) is 0 Å². The molecule has 0 unspecified atom stereocenters. The van der Waals surface area contributed by atoms with Crippen LogP contribution < -0.4 is 9.47 Å². The van der Waals surface area contributed by atoms with Gasteiger partial charge in [-0.25, -0.2) is 0 Å². The van der Waals surface area contributed by atoms with Gasteiger partial charge in [0.05, 0.1) is 18.9 Å². The van der Waals surface area contributed by atoms with E-state index in [1.807, 2.05) is 54.7 Å². The summed E-state index contributed by atoms with van der Waals surface area (Å²) in [6.07, 6.45) is 6.41. The normalized spacial score (nSPS) is 10.9. The van der Waals surface area contributed by atoms with Crippen LogP contribution in [0.25, 0.3) is 0 Å². The van der Waals surface area contributed by atoms with Crippen molar-refractivity contribution in [3.05, 3.63) is 54.1 Å². The van der Waals surface area contributed by atoms with Gasteiger partial charge in [-0.15, -0.1) is 0 Å². The lowest BCUT2D eigenvalue weighted by atomic mass is 10.2. The highest BCUT2D eigenvalue weighted by atomic mass is 16.5. The van der Waals surface area contributed by atoms with Gasteiger partial charge in [-0.05, 0) is 66.9 Å². The molecule has 3 heteroatoms. The maximum Gasteiger partial charge on any atom is 0.119 e. The third-order valence-electron chi connectivity index (χ3n) is 3.57. The Hall–Kier alpha value is -2.29. The molecular weight excluding hydrogens is 298 g/mol. The van der Waals surface area contributed by atoms with Crippen LogP contribution in [-0.4, -0.2) is 19.4 Å². The van der Waals surface area contributed by atoms with Crippen molar-refractivity contribution < 1.29 is 9.47 Å². The number of aliphatic imine (C=N–C) groups is 1. The van der Waals surface area contributed by atoms with E-state index in [-0.39, 0.29) is 0 Å². The number of nitrogens with zero attached hydrogens (tertiary/aromatic N) is 1. The molecule has 0 spiro atoms. The molecule has 2 aromatic rings. The molecule has 0 aliphatic rings. The monoisotopic (exact) mass is 325 g/mol. The lowest BCUT2D eigenvalue weighted by Crippen LogP contribution is -1.96. The highest BCUT2D eigenvalue weighted by Gasteiger charge is 1.96. The van der Waals surface area contributed by atoms with Crippen molar-refractivity contribution in [3.8, 4) is 11.5 Å². The summed E-state index contributed by atoms with van der Waals surface area (Å²) < 4.78 is 11.3. The average molecular weight is 325 g/mol. The molecule has 0 bridgehead atoms. The Balaban J connectivity index is 1.85. The van der Waals surface area contributed by atoms with Gasteiger partial charge in [0.15, 0.2) is 0 Å². The summed E-state index contributed by atoms with van der Waals surface area (Å²) in [6.45, 7) is 5.82. The zero-order valence-electron chi connectivity index (χ0n) is 14.7. The van der Waals surface area contributed by atoms with Crippen LogP contribution >= 0.6 is 0 Å². The smallest absolute Gasteiger partial charge is 0.119 e. The predicted octanol–water partition coefficient (Wildman–Crippen LogP) is 5.80. The highest BCUT2D eigenvalue weighted by molar-refractivity contribution is 5.82. The van der Waals surface area contributed by atoms with E-state index in [4.69, 9.17) is 9.47 Å². The first-order chi connectivity index (χ1) is 11.8. The number of hydrogen-bond donors (Lipinski definition) is 0. The summed E-state index contributed by atoms with van der Waals surface area (Å²) in [5.41, 5.74) is 1.97. The Labute approximate surface area is 145 Å². The van der Waals surface area contributed by atoms with Gasteiger partial charge >= 0.3 is 0 Å². The first-order valence-corrected chi connectivity index (χ1v) is 8.81. The van der Waals surface area contributed by atoms with Crippen molar-refractivity contribution in [2.75, 3.05) is 13.2 Å². The minimum atomic E-state index is 0.750. The summed E-state index contributed by atoms with van der Waals surface area (Å²) in [7, 11) is 0. The third-order valence-corrected chi connectivity index (χ3v) is 3.57. The van der Waals surface area contributed by atoms with E-state index in [9.17, 15) is 0 Å². The summed E-state index contributed by atoms with van der Waals surface area (Å²) in [4.78, 5) is 4.50. The van der Waals surface area contributed by atoms with E-state index in [0.717, 1.165) is 48.8 Å². The molecule has 0 saturated carbocycles. The van der Waals surface area contributed by atoms with E-state index in [0.29, 0.717) is 0 Å². The molecule has 3 nitrogen and oxygen atoms in total. The third kappa shape index (κ3) is 6.45. The molecule has 128 valence electrons. The summed E-state index contributed by atoms with van der Waals surface area (Å²) in [5, 5.41) is 0. The minimum absolute atomic E-state index is 0.750. The van der Waals surface area contributed by atoms with Crippen LogP contribution in [0.4, 0.5) is 5.69 Å². The van der Waals surface area contributed by atoms with Gasteiger partial charge in [0.25, 0.3) is 0 Å². The van der Waals surface area contributed by atoms with Gasteiger partial charge < -0.3 is 9.47 Å². The van der Waals surface area contributed by atoms with Gasteiger partial charge in [0.2, 0.25) is 0 Å². The van der Waals surface area contributed by atoms with Crippen LogP contribution in [0.15, 0.2) is 53.5 Å². The van der Waals surface area contributed by atoms with E-state index in [1.54, 1.807) is 0 Å². The molecule has 2 rings (SSSR count). The molecule has 0 fully saturated rings. The number of unbranched alkanes of at least 4 members (excludes halogenated alkanes) is 2. The van der Waals surface area contributed by atoms with Crippen molar-refractivity contribution >= 4 is 11.9 Å². The van der Waals surface area contributed by atoms with Crippen molar-refractivity contribution in [2.24, 2.45) is 4.99 Å². The molecule has 0 amide bonds. The van der Waals surface area contributed by atoms with Gasteiger partial charge in [0, 0.05) is 6.21 Å². The van der Waals surface area contributed by atoms with E-state index >= 15 is 0 Å². The molecule has 0 aliphatic carbocycles. The average Bonchev–Trinajstić information content (AvgIpc) is 2.64. The van der Waals surface area contributed by atoms with E-state index < -0.39 is 0 Å². The fourth-order valence-corrected chi connectivity index (χ4v) is 2.19. The number of rotatable bonds is 10. The fourth-order valence-electron chi connectivity index (χ4n) is 2.19. The fraction of sp³-hybridized carbons (Fsp3) is 0.381. The van der Waals surface area contributed by atoms with Crippen molar-refractivity contribution in [1.29, 1.82) is 0 Å². The molecular formula is C21H27NO2. The first kappa shape index (κ1) is 18.1. The zero-order chi connectivity index (χ0) is 17.0. The molecule has 2 aromatic carbocycles. The lowest BCUT2D eigenvalue weighted by Gasteiger charge is -2.05. The van der Waals surface area contributed by atoms with E-state index in [2.05, 4.69) is 18.8 Å². The zero-order valence-corrected chi connectivity index (χ0v) is 14.7. The Kier molecular flexibility index (Phi) is 7.88. The summed E-state index contributed by atoms with van der Waals surface area (Å²) >= 11 is 0. The molecule has 0 saturated heterocycles. The molecule has 0 aliphatic heterocycles. The van der Waals surface area contributed by atoms with Crippen LogP contribution in [0, 0.1) is 0 Å². The number of hydrogen-bond acceptors (Lipinski definition) is 3. The van der Waals surface area contributed by atoms with Crippen LogP contribution in [0.5, 0.6) is 11.5 Å². The number of benzene rings is 2. The molecule has 0 atom stereocenters. The standard InChI is InChI=1S/C21H27NO2/c1-3-5-6-16-24-21-13-9-19(10-14-21)22-17-18-7-11-20(12-8-18)23-15-4-2/h7-14,17H,3-6,15-16H2,1-2H3. The van der Waals surface area contributed by atoms with Gasteiger partial charge in [-0.1, -0.05) is 26.7 Å². The predicted molar refractivity (Wildman–Crippen MR) is 101 cm³/mol. The second-order valence-corrected chi connectivity index (χ2v) is 5.73. The maximum atomic E-state index is 5.71. The molecule has 0 radical (unpaired) electrons. The van der Waals surface area contributed by atoms with Crippen LogP contribution in [0.2, 0.25) is 0 Å². The maximum absolute atomic E-state index is 5.71. The molecule has 24 heavy (non-hydrogen) atoms. The second kappa shape index (κ2) is 10.5. The van der Waals surface area contributed by atoms with Gasteiger partial charge in [-0.3, -0.25) is 4.99 Å². The second-order valence-electron chi connectivity index (χ2n) is 5.73. The van der Waals surface area contributed by atoms with Crippen molar-refractivity contribution in [2.45, 2.75) is 39.5 Å². The Morgan fingerprint density at radius 1 is 0.750 bits per heavy atom. The highest BCUT2D eigenvalue weighted by Crippen LogP contribution is 2.19. The topological polar surface area (TPSA) is 30.8 Å². The Morgan fingerprint density at radius 2 is 1.38 bits per heavy atom. The van der Waals surface area contributed by atoms with Crippen LogP contribution in [0.1, 0.15) is 45.1 Å². The number of ether oxygens (including phenoxy) is 2. The Morgan fingerprint density at radius 3 is 2.00 bits per heavy atom. The van der Waals surface area contributed by atoms with Crippen molar-refractivity contribution in [1.82, 2.24) is 0 Å². The molecule has 0 N–H and O–H groups in total. The minimum Gasteiger partial charge on any atom is -0.494 e.